The van der Waals surface area contributed by atoms with Gasteiger partial charge >= 0.3 is 5.97 Å². The number of rotatable bonds is 5. The highest BCUT2D eigenvalue weighted by molar-refractivity contribution is 6.33. The molecule has 0 fully saturated rings. The van der Waals surface area contributed by atoms with Crippen molar-refractivity contribution < 1.29 is 14.7 Å². The maximum atomic E-state index is 10.9. The smallest absolute Gasteiger partial charge is 0.372 e. The SMILES string of the molecule is CCCC(CC)C(=O)C(=O)O. The van der Waals surface area contributed by atoms with E-state index in [2.05, 4.69) is 0 Å². The lowest BCUT2D eigenvalue weighted by molar-refractivity contribution is -0.151. The maximum absolute atomic E-state index is 10.9. The fourth-order valence-corrected chi connectivity index (χ4v) is 1.04. The molecule has 0 rings (SSSR count). The minimum atomic E-state index is -1.30. The fraction of sp³-hybridized carbons (Fsp3) is 0.750. The van der Waals surface area contributed by atoms with Gasteiger partial charge in [0.1, 0.15) is 0 Å². The average molecular weight is 158 g/mol. The summed E-state index contributed by atoms with van der Waals surface area (Å²) < 4.78 is 0. The molecule has 0 saturated heterocycles. The largest absolute Gasteiger partial charge is 0.475 e. The molecular formula is C8H14O3. The van der Waals surface area contributed by atoms with Crippen LogP contribution in [0.25, 0.3) is 0 Å². The summed E-state index contributed by atoms with van der Waals surface area (Å²) in [5.41, 5.74) is 0. The third-order valence-corrected chi connectivity index (χ3v) is 1.71. The van der Waals surface area contributed by atoms with Crippen LogP contribution in [0.4, 0.5) is 0 Å². The first-order valence-corrected chi connectivity index (χ1v) is 3.90. The molecule has 0 aromatic rings. The third kappa shape index (κ3) is 3.16. The van der Waals surface area contributed by atoms with Gasteiger partial charge in [-0.2, -0.15) is 0 Å². The van der Waals surface area contributed by atoms with Gasteiger partial charge in [-0.1, -0.05) is 20.3 Å². The van der Waals surface area contributed by atoms with Crippen LogP contribution in [0.3, 0.4) is 0 Å². The number of carbonyl (C=O) groups excluding carboxylic acids is 1. The van der Waals surface area contributed by atoms with E-state index < -0.39 is 11.8 Å². The summed E-state index contributed by atoms with van der Waals surface area (Å²) in [4.78, 5) is 21.1. The molecule has 3 nitrogen and oxygen atoms in total. The number of Topliss-reactive ketones (excluding diaryl/α,β-unsaturated/α-hetero) is 1. The van der Waals surface area contributed by atoms with Crippen LogP contribution in [0, 0.1) is 5.92 Å². The minimum Gasteiger partial charge on any atom is -0.475 e. The molecule has 0 heterocycles. The molecule has 3 heteroatoms. The average Bonchev–Trinajstić information content (AvgIpc) is 1.98. The predicted molar refractivity (Wildman–Crippen MR) is 41.3 cm³/mol. The number of hydrogen-bond donors (Lipinski definition) is 1. The molecule has 0 radical (unpaired) electrons. The molecule has 0 bridgehead atoms. The summed E-state index contributed by atoms with van der Waals surface area (Å²) >= 11 is 0. The van der Waals surface area contributed by atoms with Crippen molar-refractivity contribution in [1.29, 1.82) is 0 Å². The van der Waals surface area contributed by atoms with Crippen LogP contribution in [0.2, 0.25) is 0 Å². The van der Waals surface area contributed by atoms with Crippen molar-refractivity contribution in [2.24, 2.45) is 5.92 Å². The van der Waals surface area contributed by atoms with E-state index in [4.69, 9.17) is 5.11 Å². The van der Waals surface area contributed by atoms with Crippen molar-refractivity contribution in [2.45, 2.75) is 33.1 Å². The number of carboxylic acids is 1. The zero-order valence-electron chi connectivity index (χ0n) is 6.96. The Kier molecular flexibility index (Phi) is 4.50. The van der Waals surface area contributed by atoms with Gasteiger partial charge in [-0.05, 0) is 12.8 Å². The molecular weight excluding hydrogens is 144 g/mol. The number of carboxylic acid groups (broad SMARTS) is 1. The van der Waals surface area contributed by atoms with Crippen LogP contribution < -0.4 is 0 Å². The molecule has 0 amide bonds. The summed E-state index contributed by atoms with van der Waals surface area (Å²) in [7, 11) is 0. The van der Waals surface area contributed by atoms with Crippen molar-refractivity contribution in [3.8, 4) is 0 Å². The van der Waals surface area contributed by atoms with Crippen LogP contribution >= 0.6 is 0 Å². The van der Waals surface area contributed by atoms with Crippen LogP contribution in [-0.2, 0) is 9.59 Å². The van der Waals surface area contributed by atoms with Gasteiger partial charge in [0.15, 0.2) is 0 Å². The summed E-state index contributed by atoms with van der Waals surface area (Å²) in [6.45, 7) is 3.78. The number of carbonyl (C=O) groups is 2. The molecule has 1 N–H and O–H groups in total. The molecule has 0 aromatic heterocycles. The van der Waals surface area contributed by atoms with Gasteiger partial charge in [0.05, 0.1) is 0 Å². The zero-order chi connectivity index (χ0) is 8.85. The van der Waals surface area contributed by atoms with Crippen molar-refractivity contribution >= 4 is 11.8 Å². The monoisotopic (exact) mass is 158 g/mol. The number of hydrogen-bond acceptors (Lipinski definition) is 2. The Morgan fingerprint density at radius 3 is 2.18 bits per heavy atom. The summed E-state index contributed by atoms with van der Waals surface area (Å²) in [6.07, 6.45) is 2.16. The van der Waals surface area contributed by atoms with Crippen LogP contribution in [0.5, 0.6) is 0 Å². The molecule has 0 aliphatic carbocycles. The summed E-state index contributed by atoms with van der Waals surface area (Å²) in [6, 6.07) is 0. The van der Waals surface area contributed by atoms with Crippen LogP contribution in [0.1, 0.15) is 33.1 Å². The Hall–Kier alpha value is -0.860. The van der Waals surface area contributed by atoms with E-state index in [0.717, 1.165) is 6.42 Å². The lowest BCUT2D eigenvalue weighted by Crippen LogP contribution is -2.22. The second kappa shape index (κ2) is 4.88. The van der Waals surface area contributed by atoms with Crippen molar-refractivity contribution in [3.05, 3.63) is 0 Å². The second-order valence-electron chi connectivity index (χ2n) is 2.56. The van der Waals surface area contributed by atoms with Gasteiger partial charge in [-0.15, -0.1) is 0 Å². The lowest BCUT2D eigenvalue weighted by atomic mass is 9.96. The number of ketones is 1. The summed E-state index contributed by atoms with van der Waals surface area (Å²) in [5.74, 6) is -2.22. The zero-order valence-corrected chi connectivity index (χ0v) is 6.96. The molecule has 11 heavy (non-hydrogen) atoms. The van der Waals surface area contributed by atoms with E-state index in [-0.39, 0.29) is 5.92 Å². The summed E-state index contributed by atoms with van der Waals surface area (Å²) in [5, 5.41) is 8.36. The van der Waals surface area contributed by atoms with Crippen molar-refractivity contribution in [1.82, 2.24) is 0 Å². The minimum absolute atomic E-state index is 0.280. The van der Waals surface area contributed by atoms with E-state index in [1.807, 2.05) is 13.8 Å². The van der Waals surface area contributed by atoms with Gasteiger partial charge in [0, 0.05) is 5.92 Å². The van der Waals surface area contributed by atoms with Gasteiger partial charge in [0.25, 0.3) is 0 Å². The Morgan fingerprint density at radius 2 is 1.91 bits per heavy atom. The Labute approximate surface area is 66.4 Å². The van der Waals surface area contributed by atoms with E-state index in [9.17, 15) is 9.59 Å². The van der Waals surface area contributed by atoms with Gasteiger partial charge in [-0.25, -0.2) is 4.79 Å². The first-order valence-electron chi connectivity index (χ1n) is 3.90. The van der Waals surface area contributed by atoms with E-state index >= 15 is 0 Å². The standard InChI is InChI=1S/C8H14O3/c1-3-5-6(4-2)7(9)8(10)11/h6H,3-5H2,1-2H3,(H,10,11). The van der Waals surface area contributed by atoms with Gasteiger partial charge in [0.2, 0.25) is 5.78 Å². The second-order valence-corrected chi connectivity index (χ2v) is 2.56. The number of aliphatic carboxylic acids is 1. The first-order chi connectivity index (χ1) is 5.13. The molecule has 0 aliphatic heterocycles. The van der Waals surface area contributed by atoms with Crippen LogP contribution in [-0.4, -0.2) is 16.9 Å². The highest BCUT2D eigenvalue weighted by Crippen LogP contribution is 2.11. The first kappa shape index (κ1) is 10.1. The third-order valence-electron chi connectivity index (χ3n) is 1.71. The molecule has 0 aliphatic rings. The van der Waals surface area contributed by atoms with E-state index in [1.165, 1.54) is 0 Å². The predicted octanol–water partition coefficient (Wildman–Crippen LogP) is 1.47. The quantitative estimate of drug-likeness (QED) is 0.616. The highest BCUT2D eigenvalue weighted by atomic mass is 16.4. The lowest BCUT2D eigenvalue weighted by Gasteiger charge is -2.07. The molecule has 0 spiro atoms. The Balaban J connectivity index is 4.02. The van der Waals surface area contributed by atoms with E-state index in [1.54, 1.807) is 0 Å². The fourth-order valence-electron chi connectivity index (χ4n) is 1.04. The van der Waals surface area contributed by atoms with Crippen molar-refractivity contribution in [2.75, 3.05) is 0 Å². The maximum Gasteiger partial charge on any atom is 0.372 e. The molecule has 64 valence electrons. The molecule has 0 saturated carbocycles. The normalized spacial score (nSPS) is 12.5. The van der Waals surface area contributed by atoms with Crippen molar-refractivity contribution in [3.63, 3.8) is 0 Å². The molecule has 1 unspecified atom stereocenters. The van der Waals surface area contributed by atoms with E-state index in [0.29, 0.717) is 12.8 Å². The highest BCUT2D eigenvalue weighted by Gasteiger charge is 2.21. The Morgan fingerprint density at radius 1 is 1.36 bits per heavy atom. The molecule has 0 aromatic carbocycles. The van der Waals surface area contributed by atoms with Gasteiger partial charge in [-0.3, -0.25) is 4.79 Å². The topological polar surface area (TPSA) is 54.4 Å². The Bertz CT molecular complexity index is 151. The van der Waals surface area contributed by atoms with Gasteiger partial charge < -0.3 is 5.11 Å². The molecule has 1 atom stereocenters. The van der Waals surface area contributed by atoms with Crippen LogP contribution in [0.15, 0.2) is 0 Å².